The predicted molar refractivity (Wildman–Crippen MR) is 136 cm³/mol. The van der Waals surface area contributed by atoms with E-state index in [1.165, 1.54) is 0 Å². The molecule has 0 unspecified atom stereocenters. The van der Waals surface area contributed by atoms with Crippen molar-refractivity contribution in [2.75, 3.05) is 12.4 Å². The Morgan fingerprint density at radius 2 is 1.71 bits per heavy atom. The molecule has 2 aromatic carbocycles. The molecule has 1 aliphatic carbocycles. The Kier molecular flexibility index (Phi) is 5.50. The second kappa shape index (κ2) is 9.10. The summed E-state index contributed by atoms with van der Waals surface area (Å²) in [5, 5.41) is 4.49. The lowest BCUT2D eigenvalue weighted by atomic mass is 10.1. The van der Waals surface area contributed by atoms with Crippen molar-refractivity contribution in [1.82, 2.24) is 24.9 Å². The average Bonchev–Trinajstić information content (AvgIpc) is 3.77. The maximum absolute atomic E-state index is 5.59. The van der Waals surface area contributed by atoms with Crippen molar-refractivity contribution >= 4 is 16.7 Å². The first-order valence-corrected chi connectivity index (χ1v) is 11.7. The van der Waals surface area contributed by atoms with E-state index in [2.05, 4.69) is 44.5 Å². The molecule has 0 atom stereocenters. The maximum atomic E-state index is 5.59. The van der Waals surface area contributed by atoms with Crippen LogP contribution in [0.15, 0.2) is 79.3 Å². The van der Waals surface area contributed by atoms with E-state index in [1.54, 1.807) is 13.4 Å². The summed E-state index contributed by atoms with van der Waals surface area (Å²) < 4.78 is 5.59. The number of ether oxygens (including phenoxy) is 1. The highest BCUT2D eigenvalue weighted by atomic mass is 16.5. The highest BCUT2D eigenvalue weighted by Gasteiger charge is 2.31. The van der Waals surface area contributed by atoms with Gasteiger partial charge in [-0.05, 0) is 42.7 Å². The molecule has 3 aromatic heterocycles. The van der Waals surface area contributed by atoms with E-state index in [0.29, 0.717) is 24.2 Å². The van der Waals surface area contributed by atoms with Crippen LogP contribution in [-0.2, 0) is 6.54 Å². The fraction of sp³-hybridized carbons (Fsp3) is 0.179. The number of nitrogens with one attached hydrogen (secondary N) is 1. The molecule has 0 bridgehead atoms. The van der Waals surface area contributed by atoms with E-state index in [4.69, 9.17) is 14.7 Å². The number of hydrogen-bond donors (Lipinski definition) is 1. The number of pyridine rings is 1. The van der Waals surface area contributed by atoms with Crippen molar-refractivity contribution in [3.8, 4) is 28.5 Å². The maximum Gasteiger partial charge on any atom is 0.227 e. The Balaban J connectivity index is 1.34. The van der Waals surface area contributed by atoms with Crippen molar-refractivity contribution < 1.29 is 4.74 Å². The summed E-state index contributed by atoms with van der Waals surface area (Å²) in [7, 11) is 1.62. The minimum absolute atomic E-state index is 0.408. The first-order chi connectivity index (χ1) is 17.3. The van der Waals surface area contributed by atoms with Crippen LogP contribution >= 0.6 is 0 Å². The molecule has 7 heteroatoms. The van der Waals surface area contributed by atoms with Gasteiger partial charge in [-0.2, -0.15) is 0 Å². The zero-order valence-electron chi connectivity index (χ0n) is 19.3. The molecule has 0 radical (unpaired) electrons. The number of rotatable bonds is 7. The third-order valence-corrected chi connectivity index (χ3v) is 6.20. The van der Waals surface area contributed by atoms with Gasteiger partial charge in [-0.15, -0.1) is 0 Å². The molecule has 0 spiro atoms. The van der Waals surface area contributed by atoms with Crippen LogP contribution in [0.3, 0.4) is 0 Å². The molecule has 5 aromatic rings. The van der Waals surface area contributed by atoms with E-state index < -0.39 is 0 Å². The third kappa shape index (κ3) is 4.28. The van der Waals surface area contributed by atoms with Gasteiger partial charge in [0.15, 0.2) is 5.82 Å². The highest BCUT2D eigenvalue weighted by Crippen LogP contribution is 2.45. The zero-order chi connectivity index (χ0) is 23.6. The zero-order valence-corrected chi connectivity index (χ0v) is 19.3. The first-order valence-electron chi connectivity index (χ1n) is 11.7. The van der Waals surface area contributed by atoms with Crippen molar-refractivity contribution in [2.45, 2.75) is 25.3 Å². The number of methoxy groups -OCH3 is 1. The van der Waals surface area contributed by atoms with Crippen LogP contribution in [0.4, 0.5) is 5.82 Å². The van der Waals surface area contributed by atoms with E-state index >= 15 is 0 Å². The second-order valence-corrected chi connectivity index (χ2v) is 8.60. The van der Waals surface area contributed by atoms with Crippen molar-refractivity contribution in [2.24, 2.45) is 0 Å². The molecule has 0 aliphatic heterocycles. The summed E-state index contributed by atoms with van der Waals surface area (Å²) in [5.74, 6) is 2.27. The fourth-order valence-corrected chi connectivity index (χ4v) is 4.25. The topological polar surface area (TPSA) is 85.7 Å². The van der Waals surface area contributed by atoms with Crippen LogP contribution in [-0.4, -0.2) is 32.0 Å². The molecule has 1 saturated carbocycles. The van der Waals surface area contributed by atoms with Gasteiger partial charge in [-0.1, -0.05) is 42.5 Å². The van der Waals surface area contributed by atoms with Gasteiger partial charge in [0.2, 0.25) is 5.88 Å². The van der Waals surface area contributed by atoms with Crippen LogP contribution in [0, 0.1) is 0 Å². The first kappa shape index (κ1) is 21.2. The summed E-state index contributed by atoms with van der Waals surface area (Å²) >= 11 is 0. The molecule has 0 saturated heterocycles. The molecule has 1 fully saturated rings. The lowest BCUT2D eigenvalue weighted by molar-refractivity contribution is 0.397. The van der Waals surface area contributed by atoms with Crippen LogP contribution in [0.2, 0.25) is 0 Å². The Bertz CT molecular complexity index is 1480. The standard InChI is InChI=1S/C28H24N6O/c1-35-28-24(25(20-13-14-20)31-17-32-28)27-33-23-8-3-2-6-21(23)26(34-27)30-16-18-9-11-19(12-10-18)22-7-4-5-15-29-22/h2-12,15,17,20H,13-14,16H2,1H3,(H,30,33,34). The van der Waals surface area contributed by atoms with Gasteiger partial charge in [0, 0.05) is 29.6 Å². The fourth-order valence-electron chi connectivity index (χ4n) is 4.25. The van der Waals surface area contributed by atoms with Crippen LogP contribution < -0.4 is 10.1 Å². The SMILES string of the molecule is COc1ncnc(C2CC2)c1-c1nc(NCc2ccc(-c3ccccn3)cc2)c2ccccc2n1. The lowest BCUT2D eigenvalue weighted by Gasteiger charge is -2.14. The quantitative estimate of drug-likeness (QED) is 0.336. The third-order valence-electron chi connectivity index (χ3n) is 6.20. The van der Waals surface area contributed by atoms with Crippen LogP contribution in [0.1, 0.15) is 30.0 Å². The normalized spacial score (nSPS) is 13.1. The monoisotopic (exact) mass is 460 g/mol. The number of anilines is 1. The van der Waals surface area contributed by atoms with Crippen molar-refractivity contribution in [3.05, 3.63) is 90.5 Å². The smallest absolute Gasteiger partial charge is 0.227 e. The average molecular weight is 461 g/mol. The molecule has 7 nitrogen and oxygen atoms in total. The van der Waals surface area contributed by atoms with Crippen molar-refractivity contribution in [3.63, 3.8) is 0 Å². The van der Waals surface area contributed by atoms with Gasteiger partial charge in [0.25, 0.3) is 0 Å². The summed E-state index contributed by atoms with van der Waals surface area (Å²) in [6.45, 7) is 0.626. The molecule has 172 valence electrons. The highest BCUT2D eigenvalue weighted by molar-refractivity contribution is 5.91. The molecule has 3 heterocycles. The molecule has 6 rings (SSSR count). The second-order valence-electron chi connectivity index (χ2n) is 8.60. The summed E-state index contributed by atoms with van der Waals surface area (Å²) in [6.07, 6.45) is 5.59. The van der Waals surface area contributed by atoms with Gasteiger partial charge in [-0.25, -0.2) is 19.9 Å². The number of nitrogens with zero attached hydrogens (tertiary/aromatic N) is 5. The molecular formula is C28H24N6O. The number of fused-ring (bicyclic) bond motifs is 1. The summed E-state index contributed by atoms with van der Waals surface area (Å²) in [5.41, 5.74) is 5.80. The van der Waals surface area contributed by atoms with Gasteiger partial charge in [-0.3, -0.25) is 4.98 Å². The molecular weight excluding hydrogens is 436 g/mol. The van der Waals surface area contributed by atoms with Gasteiger partial charge < -0.3 is 10.1 Å². The van der Waals surface area contributed by atoms with Crippen molar-refractivity contribution in [1.29, 1.82) is 0 Å². The van der Waals surface area contributed by atoms with Crippen LogP contribution in [0.25, 0.3) is 33.5 Å². The van der Waals surface area contributed by atoms with E-state index in [9.17, 15) is 0 Å². The molecule has 1 aliphatic rings. The lowest BCUT2D eigenvalue weighted by Crippen LogP contribution is -2.06. The van der Waals surface area contributed by atoms with E-state index in [0.717, 1.165) is 57.6 Å². The van der Waals surface area contributed by atoms with Gasteiger partial charge >= 0.3 is 0 Å². The van der Waals surface area contributed by atoms with E-state index in [-0.39, 0.29) is 0 Å². The molecule has 35 heavy (non-hydrogen) atoms. The Morgan fingerprint density at radius 3 is 2.49 bits per heavy atom. The number of para-hydroxylation sites is 1. The molecule has 1 N–H and O–H groups in total. The minimum Gasteiger partial charge on any atom is -0.480 e. The number of aromatic nitrogens is 5. The summed E-state index contributed by atoms with van der Waals surface area (Å²) in [6, 6.07) is 22.4. The Morgan fingerprint density at radius 1 is 0.886 bits per heavy atom. The largest absolute Gasteiger partial charge is 0.480 e. The van der Waals surface area contributed by atoms with Gasteiger partial charge in [0.1, 0.15) is 17.7 Å². The summed E-state index contributed by atoms with van der Waals surface area (Å²) in [4.78, 5) is 23.1. The van der Waals surface area contributed by atoms with E-state index in [1.807, 2.05) is 48.7 Å². The van der Waals surface area contributed by atoms with Crippen LogP contribution in [0.5, 0.6) is 5.88 Å². The predicted octanol–water partition coefficient (Wildman–Crippen LogP) is 5.65. The number of hydrogen-bond acceptors (Lipinski definition) is 7. The molecule has 0 amide bonds. The van der Waals surface area contributed by atoms with Gasteiger partial charge in [0.05, 0.1) is 24.0 Å². The number of benzene rings is 2. The minimum atomic E-state index is 0.408. The Labute approximate surface area is 203 Å². The Hall–Kier alpha value is -4.39.